The Morgan fingerprint density at radius 3 is 2.94 bits per heavy atom. The Hall–Kier alpha value is -0.710. The minimum atomic E-state index is 0.290. The van der Waals surface area contributed by atoms with E-state index < -0.39 is 0 Å². The lowest BCUT2D eigenvalue weighted by Gasteiger charge is -2.12. The van der Waals surface area contributed by atoms with Crippen molar-refractivity contribution in [1.82, 2.24) is 10.3 Å². The van der Waals surface area contributed by atoms with E-state index in [9.17, 15) is 0 Å². The summed E-state index contributed by atoms with van der Waals surface area (Å²) in [5.41, 5.74) is 4.24. The fourth-order valence-electron chi connectivity index (χ4n) is 1.45. The minimum Gasteiger partial charge on any atom is -0.305 e. The van der Waals surface area contributed by atoms with Gasteiger partial charge in [0.05, 0.1) is 11.2 Å². The molecule has 1 heterocycles. The number of nitrogens with one attached hydrogen (secondary N) is 1. The molecule has 1 aromatic heterocycles. The van der Waals surface area contributed by atoms with E-state index in [0.29, 0.717) is 6.04 Å². The van der Waals surface area contributed by atoms with E-state index in [1.165, 1.54) is 5.56 Å². The smallest absolute Gasteiger partial charge is 0.0795 e. The molecule has 0 bridgehead atoms. The van der Waals surface area contributed by atoms with Crippen LogP contribution in [-0.4, -0.2) is 4.98 Å². The Morgan fingerprint density at radius 2 is 2.25 bits per heavy atom. The summed E-state index contributed by atoms with van der Waals surface area (Å²) in [6.45, 7) is 2.98. The normalized spacial score (nSPS) is 12.6. The van der Waals surface area contributed by atoms with Gasteiger partial charge < -0.3 is 5.32 Å². The van der Waals surface area contributed by atoms with Crippen LogP contribution in [0.15, 0.2) is 39.6 Å². The van der Waals surface area contributed by atoms with E-state index >= 15 is 0 Å². The number of thiazole rings is 1. The second-order valence-corrected chi connectivity index (χ2v) is 5.18. The quantitative estimate of drug-likeness (QED) is 0.929. The molecule has 2 rings (SSSR count). The van der Waals surface area contributed by atoms with Gasteiger partial charge in [-0.05, 0) is 18.6 Å². The highest BCUT2D eigenvalue weighted by Gasteiger charge is 2.07. The van der Waals surface area contributed by atoms with E-state index in [1.807, 2.05) is 11.6 Å². The van der Waals surface area contributed by atoms with Crippen LogP contribution in [0.25, 0.3) is 0 Å². The van der Waals surface area contributed by atoms with Gasteiger partial charge in [-0.1, -0.05) is 34.1 Å². The molecule has 1 atom stereocenters. The summed E-state index contributed by atoms with van der Waals surface area (Å²) in [7, 11) is 0. The SMILES string of the molecule is CC(NCc1ccccc1Br)c1cscn1. The van der Waals surface area contributed by atoms with Gasteiger partial charge in [-0.15, -0.1) is 11.3 Å². The van der Waals surface area contributed by atoms with Crippen molar-refractivity contribution in [3.8, 4) is 0 Å². The molecule has 0 spiro atoms. The first-order valence-electron chi connectivity index (χ1n) is 5.12. The van der Waals surface area contributed by atoms with Crippen molar-refractivity contribution in [2.75, 3.05) is 0 Å². The van der Waals surface area contributed by atoms with Gasteiger partial charge in [-0.25, -0.2) is 4.98 Å². The molecule has 0 aliphatic heterocycles. The monoisotopic (exact) mass is 296 g/mol. The van der Waals surface area contributed by atoms with Crippen molar-refractivity contribution >= 4 is 27.3 Å². The highest BCUT2D eigenvalue weighted by Crippen LogP contribution is 2.17. The Kier molecular flexibility index (Phi) is 4.09. The molecule has 0 saturated heterocycles. The predicted molar refractivity (Wildman–Crippen MR) is 71.5 cm³/mol. The van der Waals surface area contributed by atoms with Crippen molar-refractivity contribution in [1.29, 1.82) is 0 Å². The maximum absolute atomic E-state index is 4.30. The number of halogens is 1. The summed E-state index contributed by atoms with van der Waals surface area (Å²) < 4.78 is 1.15. The summed E-state index contributed by atoms with van der Waals surface area (Å²) in [6, 6.07) is 8.54. The van der Waals surface area contributed by atoms with Gasteiger partial charge in [0.15, 0.2) is 0 Å². The Labute approximate surface area is 108 Å². The highest BCUT2D eigenvalue weighted by molar-refractivity contribution is 9.10. The minimum absolute atomic E-state index is 0.290. The Morgan fingerprint density at radius 1 is 1.44 bits per heavy atom. The average molecular weight is 297 g/mol. The third-order valence-electron chi connectivity index (χ3n) is 2.45. The van der Waals surface area contributed by atoms with E-state index in [4.69, 9.17) is 0 Å². The van der Waals surface area contributed by atoms with Gasteiger partial charge in [-0.2, -0.15) is 0 Å². The van der Waals surface area contributed by atoms with Crippen LogP contribution in [0.5, 0.6) is 0 Å². The van der Waals surface area contributed by atoms with Crippen LogP contribution in [0.3, 0.4) is 0 Å². The van der Waals surface area contributed by atoms with E-state index in [2.05, 4.69) is 56.7 Å². The first kappa shape index (κ1) is 11.8. The van der Waals surface area contributed by atoms with Crippen molar-refractivity contribution in [2.24, 2.45) is 0 Å². The molecule has 0 radical (unpaired) electrons. The molecule has 0 aliphatic carbocycles. The van der Waals surface area contributed by atoms with Crippen LogP contribution in [0.2, 0.25) is 0 Å². The Balaban J connectivity index is 1.95. The zero-order chi connectivity index (χ0) is 11.4. The maximum Gasteiger partial charge on any atom is 0.0795 e. The van der Waals surface area contributed by atoms with Crippen LogP contribution in [0, 0.1) is 0 Å². The van der Waals surface area contributed by atoms with Crippen molar-refractivity contribution in [2.45, 2.75) is 19.5 Å². The standard InChI is InChI=1S/C12H13BrN2S/c1-9(12-7-16-8-15-12)14-6-10-4-2-3-5-11(10)13/h2-5,7-9,14H,6H2,1H3. The van der Waals surface area contributed by atoms with Gasteiger partial charge in [0.2, 0.25) is 0 Å². The first-order chi connectivity index (χ1) is 7.77. The molecule has 0 aliphatic rings. The van der Waals surface area contributed by atoms with Crippen molar-refractivity contribution < 1.29 is 0 Å². The predicted octanol–water partition coefficient (Wildman–Crippen LogP) is 3.76. The zero-order valence-electron chi connectivity index (χ0n) is 8.98. The summed E-state index contributed by atoms with van der Waals surface area (Å²) in [5, 5.41) is 5.54. The van der Waals surface area contributed by atoms with Crippen LogP contribution in [0.1, 0.15) is 24.2 Å². The molecule has 0 fully saturated rings. The van der Waals surface area contributed by atoms with Gasteiger partial charge in [0.1, 0.15) is 0 Å². The van der Waals surface area contributed by atoms with E-state index in [-0.39, 0.29) is 0 Å². The van der Waals surface area contributed by atoms with Crippen molar-refractivity contribution in [3.63, 3.8) is 0 Å². The van der Waals surface area contributed by atoms with E-state index in [1.54, 1.807) is 11.3 Å². The molecule has 0 saturated carbocycles. The highest BCUT2D eigenvalue weighted by atomic mass is 79.9. The molecule has 84 valence electrons. The third-order valence-corrected chi connectivity index (χ3v) is 3.83. The van der Waals surface area contributed by atoms with Crippen molar-refractivity contribution in [3.05, 3.63) is 50.9 Å². The first-order valence-corrected chi connectivity index (χ1v) is 6.86. The topological polar surface area (TPSA) is 24.9 Å². The summed E-state index contributed by atoms with van der Waals surface area (Å²) in [4.78, 5) is 4.30. The zero-order valence-corrected chi connectivity index (χ0v) is 11.4. The molecule has 16 heavy (non-hydrogen) atoms. The second kappa shape index (κ2) is 5.57. The third kappa shape index (κ3) is 2.90. The largest absolute Gasteiger partial charge is 0.305 e. The van der Waals surface area contributed by atoms with E-state index in [0.717, 1.165) is 16.7 Å². The molecular weight excluding hydrogens is 284 g/mol. The number of rotatable bonds is 4. The summed E-state index contributed by atoms with van der Waals surface area (Å²) in [6.07, 6.45) is 0. The lowest BCUT2D eigenvalue weighted by atomic mass is 10.2. The molecule has 1 unspecified atom stereocenters. The van der Waals surface area contributed by atoms with Crippen LogP contribution >= 0.6 is 27.3 Å². The summed E-state index contributed by atoms with van der Waals surface area (Å²) in [5.74, 6) is 0. The number of aromatic nitrogens is 1. The molecule has 2 aromatic rings. The molecule has 1 aromatic carbocycles. The average Bonchev–Trinajstić information content (AvgIpc) is 2.81. The number of benzene rings is 1. The van der Waals surface area contributed by atoms with Crippen LogP contribution in [0.4, 0.5) is 0 Å². The van der Waals surface area contributed by atoms with Crippen LogP contribution in [-0.2, 0) is 6.54 Å². The molecule has 1 N–H and O–H groups in total. The van der Waals surface area contributed by atoms with Gasteiger partial charge >= 0.3 is 0 Å². The number of nitrogens with zero attached hydrogens (tertiary/aromatic N) is 1. The Bertz CT molecular complexity index is 442. The fraction of sp³-hybridized carbons (Fsp3) is 0.250. The molecule has 2 nitrogen and oxygen atoms in total. The fourth-order valence-corrected chi connectivity index (χ4v) is 2.52. The van der Waals surface area contributed by atoms with Gasteiger partial charge in [-0.3, -0.25) is 0 Å². The summed E-state index contributed by atoms with van der Waals surface area (Å²) >= 11 is 5.17. The molecular formula is C12H13BrN2S. The number of hydrogen-bond donors (Lipinski definition) is 1. The van der Waals surface area contributed by atoms with Gasteiger partial charge in [0, 0.05) is 22.4 Å². The van der Waals surface area contributed by atoms with Crippen LogP contribution < -0.4 is 5.32 Å². The lowest BCUT2D eigenvalue weighted by molar-refractivity contribution is 0.563. The second-order valence-electron chi connectivity index (χ2n) is 3.61. The van der Waals surface area contributed by atoms with Gasteiger partial charge in [0.25, 0.3) is 0 Å². The molecule has 0 amide bonds. The molecule has 4 heteroatoms. The number of hydrogen-bond acceptors (Lipinski definition) is 3. The maximum atomic E-state index is 4.30. The lowest BCUT2D eigenvalue weighted by Crippen LogP contribution is -2.18.